The average Bonchev–Trinajstić information content (AvgIpc) is 2.77. The molecule has 1 amide bonds. The van der Waals surface area contributed by atoms with Gasteiger partial charge in [-0.25, -0.2) is 21.6 Å². The Morgan fingerprint density at radius 2 is 1.79 bits per heavy atom. The van der Waals surface area contributed by atoms with Crippen LogP contribution < -0.4 is 9.46 Å². The summed E-state index contributed by atoms with van der Waals surface area (Å²) >= 11 is 0. The van der Waals surface area contributed by atoms with Crippen molar-refractivity contribution in [2.24, 2.45) is 0 Å². The third-order valence-electron chi connectivity index (χ3n) is 6.03. The number of fused-ring (bicyclic) bond motifs is 5. The van der Waals surface area contributed by atoms with E-state index in [-0.39, 0.29) is 24.2 Å². The summed E-state index contributed by atoms with van der Waals surface area (Å²) in [5.74, 6) is -8.79. The molecule has 2 aromatic rings. The molecule has 6 nitrogen and oxygen atoms in total. The molecule has 2 unspecified atom stereocenters. The molecule has 4 rings (SSSR count). The van der Waals surface area contributed by atoms with Gasteiger partial charge < -0.3 is 9.64 Å². The van der Waals surface area contributed by atoms with Crippen molar-refractivity contribution in [2.45, 2.75) is 43.0 Å². The Morgan fingerprint density at radius 3 is 2.53 bits per heavy atom. The van der Waals surface area contributed by atoms with Crippen molar-refractivity contribution >= 4 is 15.9 Å². The second kappa shape index (κ2) is 9.14. The number of para-hydroxylation sites is 1. The lowest BCUT2D eigenvalue weighted by Gasteiger charge is -2.45. The molecule has 1 N–H and O–H groups in total. The number of alkyl halides is 4. The third kappa shape index (κ3) is 4.61. The monoisotopic (exact) mass is 504 g/mol. The van der Waals surface area contributed by atoms with Gasteiger partial charge in [-0.15, -0.1) is 0 Å². The summed E-state index contributed by atoms with van der Waals surface area (Å²) in [6, 6.07) is 6.85. The van der Waals surface area contributed by atoms with Crippen molar-refractivity contribution in [1.29, 1.82) is 0 Å². The SMILES string of the molecule is O=C1CCOc2ccccc2-c2cccc(c2F)CC2C(NS(=O)(=O)C(F)F)C(F)(F)CCN12. The first kappa shape index (κ1) is 24.4. The number of ether oxygens (including phenoxy) is 1. The molecule has 0 saturated carbocycles. The quantitative estimate of drug-likeness (QED) is 0.649. The van der Waals surface area contributed by atoms with Gasteiger partial charge in [-0.2, -0.15) is 13.5 Å². The lowest BCUT2D eigenvalue weighted by Crippen LogP contribution is -2.66. The number of rotatable bonds is 3. The van der Waals surface area contributed by atoms with E-state index in [0.717, 1.165) is 4.90 Å². The maximum atomic E-state index is 15.6. The number of carbonyl (C=O) groups is 1. The smallest absolute Gasteiger partial charge is 0.350 e. The van der Waals surface area contributed by atoms with Crippen molar-refractivity contribution in [3.05, 3.63) is 53.8 Å². The fraction of sp³-hybridized carbons (Fsp3) is 0.409. The van der Waals surface area contributed by atoms with Crippen LogP contribution in [-0.2, 0) is 21.2 Å². The molecule has 184 valence electrons. The highest BCUT2D eigenvalue weighted by Crippen LogP contribution is 2.38. The lowest BCUT2D eigenvalue weighted by atomic mass is 9.87. The molecule has 0 spiro atoms. The second-order valence-electron chi connectivity index (χ2n) is 8.14. The van der Waals surface area contributed by atoms with Gasteiger partial charge in [-0.1, -0.05) is 36.4 Å². The van der Waals surface area contributed by atoms with Crippen molar-refractivity contribution in [1.82, 2.24) is 9.62 Å². The van der Waals surface area contributed by atoms with Gasteiger partial charge in [-0.05, 0) is 18.1 Å². The van der Waals surface area contributed by atoms with Crippen LogP contribution in [0.4, 0.5) is 22.0 Å². The minimum absolute atomic E-state index is 0.0744. The molecular formula is C22H21F5N2O4S. The summed E-state index contributed by atoms with van der Waals surface area (Å²) < 4.78 is 102. The second-order valence-corrected chi connectivity index (χ2v) is 9.83. The number of piperidine rings is 1. The standard InChI is InChI=1S/C22H21F5N2O4S/c23-19-13-4-3-6-15(19)14-5-1-2-7-17(14)33-11-8-18(30)29-10-9-22(26,27)20(16(29)12-13)28-34(31,32)21(24)25/h1-7,16,20-21,28H,8-12H2. The number of nitrogens with zero attached hydrogens (tertiary/aromatic N) is 1. The van der Waals surface area contributed by atoms with Crippen LogP contribution in [0.5, 0.6) is 5.75 Å². The Hall–Kier alpha value is -2.73. The molecule has 12 heteroatoms. The zero-order valence-corrected chi connectivity index (χ0v) is 18.5. The summed E-state index contributed by atoms with van der Waals surface area (Å²) in [6.45, 7) is -0.606. The van der Waals surface area contributed by atoms with E-state index in [1.165, 1.54) is 22.9 Å². The number of hydrogen-bond donors (Lipinski definition) is 1. The summed E-state index contributed by atoms with van der Waals surface area (Å²) in [5, 5.41) is 0. The molecule has 2 aromatic carbocycles. The van der Waals surface area contributed by atoms with E-state index in [1.54, 1.807) is 24.3 Å². The maximum absolute atomic E-state index is 15.6. The first-order valence-corrected chi connectivity index (χ1v) is 12.0. The number of halogens is 5. The lowest BCUT2D eigenvalue weighted by molar-refractivity contribution is -0.148. The minimum atomic E-state index is -5.43. The van der Waals surface area contributed by atoms with E-state index in [9.17, 15) is 30.8 Å². The molecule has 34 heavy (non-hydrogen) atoms. The van der Waals surface area contributed by atoms with Crippen LogP contribution in [0.3, 0.4) is 0 Å². The van der Waals surface area contributed by atoms with Gasteiger partial charge >= 0.3 is 5.76 Å². The largest absolute Gasteiger partial charge is 0.492 e. The predicted molar refractivity (Wildman–Crippen MR) is 113 cm³/mol. The van der Waals surface area contributed by atoms with Gasteiger partial charge in [0.05, 0.1) is 19.1 Å². The number of nitrogens with one attached hydrogen (secondary N) is 1. The highest BCUT2D eigenvalue weighted by Gasteiger charge is 2.53. The van der Waals surface area contributed by atoms with E-state index in [2.05, 4.69) is 0 Å². The maximum Gasteiger partial charge on any atom is 0.350 e. The predicted octanol–water partition coefficient (Wildman–Crippen LogP) is 3.56. The first-order chi connectivity index (χ1) is 16.0. The Morgan fingerprint density at radius 1 is 1.09 bits per heavy atom. The van der Waals surface area contributed by atoms with Crippen molar-refractivity contribution in [2.75, 3.05) is 13.2 Å². The Kier molecular flexibility index (Phi) is 6.56. The van der Waals surface area contributed by atoms with E-state index >= 15 is 4.39 Å². The van der Waals surface area contributed by atoms with Gasteiger partial charge in [0.1, 0.15) is 17.6 Å². The number of sulfonamides is 1. The van der Waals surface area contributed by atoms with E-state index in [1.807, 2.05) is 0 Å². The van der Waals surface area contributed by atoms with Crippen molar-refractivity contribution < 1.29 is 39.9 Å². The average molecular weight is 504 g/mol. The molecule has 1 fully saturated rings. The van der Waals surface area contributed by atoms with Crippen LogP contribution in [0.2, 0.25) is 0 Å². The molecule has 2 aliphatic rings. The minimum Gasteiger partial charge on any atom is -0.492 e. The van der Waals surface area contributed by atoms with Crippen LogP contribution in [0.1, 0.15) is 18.4 Å². The summed E-state index contributed by atoms with van der Waals surface area (Å²) in [6.07, 6.45) is -1.69. The summed E-state index contributed by atoms with van der Waals surface area (Å²) in [7, 11) is -5.43. The molecule has 2 heterocycles. The number of carbonyl (C=O) groups excluding carboxylic acids is 1. The number of amides is 1. The molecule has 2 aliphatic heterocycles. The van der Waals surface area contributed by atoms with Gasteiger partial charge in [-0.3, -0.25) is 4.79 Å². The molecular weight excluding hydrogens is 483 g/mol. The molecule has 0 aliphatic carbocycles. The highest BCUT2D eigenvalue weighted by atomic mass is 32.2. The summed E-state index contributed by atoms with van der Waals surface area (Å²) in [5.41, 5.74) is 0.434. The molecule has 0 aromatic heterocycles. The van der Waals surface area contributed by atoms with Gasteiger partial charge in [0.2, 0.25) is 5.91 Å². The highest BCUT2D eigenvalue weighted by molar-refractivity contribution is 7.89. The van der Waals surface area contributed by atoms with E-state index in [0.29, 0.717) is 11.3 Å². The molecule has 2 bridgehead atoms. The summed E-state index contributed by atoms with van der Waals surface area (Å²) in [4.78, 5) is 13.9. The fourth-order valence-electron chi connectivity index (χ4n) is 4.36. The zero-order valence-electron chi connectivity index (χ0n) is 17.7. The van der Waals surface area contributed by atoms with E-state index in [4.69, 9.17) is 4.74 Å². The Bertz CT molecular complexity index is 1190. The van der Waals surface area contributed by atoms with Crippen LogP contribution >= 0.6 is 0 Å². The first-order valence-electron chi connectivity index (χ1n) is 10.5. The van der Waals surface area contributed by atoms with Crippen molar-refractivity contribution in [3.63, 3.8) is 0 Å². The van der Waals surface area contributed by atoms with Gasteiger partial charge in [0, 0.05) is 24.1 Å². The molecule has 0 radical (unpaired) electrons. The normalized spacial score (nSPS) is 22.8. The molecule has 1 saturated heterocycles. The fourth-order valence-corrected chi connectivity index (χ4v) is 5.15. The third-order valence-corrected chi connectivity index (χ3v) is 7.08. The van der Waals surface area contributed by atoms with E-state index < -0.39 is 64.9 Å². The van der Waals surface area contributed by atoms with Crippen LogP contribution in [0, 0.1) is 5.82 Å². The van der Waals surface area contributed by atoms with Crippen molar-refractivity contribution in [3.8, 4) is 16.9 Å². The van der Waals surface area contributed by atoms with Crippen LogP contribution in [0.25, 0.3) is 11.1 Å². The molecule has 2 atom stereocenters. The van der Waals surface area contributed by atoms with Crippen LogP contribution in [0.15, 0.2) is 42.5 Å². The number of benzene rings is 2. The Balaban J connectivity index is 1.84. The van der Waals surface area contributed by atoms with Gasteiger partial charge in [0.15, 0.2) is 0 Å². The zero-order chi connectivity index (χ0) is 24.7. The number of hydrogen-bond acceptors (Lipinski definition) is 4. The topological polar surface area (TPSA) is 75.7 Å². The van der Waals surface area contributed by atoms with Crippen LogP contribution in [-0.4, -0.2) is 56.1 Å². The van der Waals surface area contributed by atoms with Gasteiger partial charge in [0.25, 0.3) is 15.9 Å². The Labute approximate surface area is 192 Å².